The number of hydrogen-bond acceptors (Lipinski definition) is 6. The Balaban J connectivity index is 2.09. The van der Waals surface area contributed by atoms with Gasteiger partial charge in [0.15, 0.2) is 18.1 Å². The number of methoxy groups -OCH3 is 1. The Labute approximate surface area is 140 Å². The predicted molar refractivity (Wildman–Crippen MR) is 84.5 cm³/mol. The molecule has 0 radical (unpaired) electrons. The summed E-state index contributed by atoms with van der Waals surface area (Å²) in [7, 11) is 1.43. The van der Waals surface area contributed by atoms with Crippen molar-refractivity contribution in [2.45, 2.75) is 31.8 Å². The first-order chi connectivity index (χ1) is 11.5. The van der Waals surface area contributed by atoms with Gasteiger partial charge in [-0.05, 0) is 37.5 Å². The third kappa shape index (κ3) is 4.38. The molecule has 128 valence electrons. The SMILES string of the molecule is COc1cc(C(=O)O[C@@H]2CCCC[C@@H]2C#N)ccc1OCC(N)=O. The molecule has 1 saturated carbocycles. The van der Waals surface area contributed by atoms with Gasteiger partial charge >= 0.3 is 5.97 Å². The summed E-state index contributed by atoms with van der Waals surface area (Å²) in [5.74, 6) is -0.781. The molecule has 0 saturated heterocycles. The third-order valence-corrected chi connectivity index (χ3v) is 3.90. The zero-order chi connectivity index (χ0) is 17.5. The lowest BCUT2D eigenvalue weighted by Crippen LogP contribution is -2.29. The largest absolute Gasteiger partial charge is 0.493 e. The Morgan fingerprint density at radius 3 is 2.71 bits per heavy atom. The number of amides is 1. The van der Waals surface area contributed by atoms with Crippen LogP contribution in [-0.2, 0) is 9.53 Å². The maximum absolute atomic E-state index is 12.3. The van der Waals surface area contributed by atoms with Gasteiger partial charge in [0.25, 0.3) is 5.91 Å². The highest BCUT2D eigenvalue weighted by Gasteiger charge is 2.28. The highest BCUT2D eigenvalue weighted by atomic mass is 16.5. The maximum atomic E-state index is 12.3. The van der Waals surface area contributed by atoms with Gasteiger partial charge in [0.2, 0.25) is 0 Å². The van der Waals surface area contributed by atoms with E-state index in [2.05, 4.69) is 6.07 Å². The standard InChI is InChI=1S/C17H20N2O5/c1-22-15-8-11(6-7-14(15)23-10-16(19)20)17(21)24-13-5-3-2-4-12(13)9-18/h6-8,12-13H,2-5,10H2,1H3,(H2,19,20)/t12-,13-/m1/s1. The van der Waals surface area contributed by atoms with Crippen molar-refractivity contribution >= 4 is 11.9 Å². The van der Waals surface area contributed by atoms with Crippen molar-refractivity contribution in [3.05, 3.63) is 23.8 Å². The number of benzene rings is 1. The van der Waals surface area contributed by atoms with E-state index >= 15 is 0 Å². The van der Waals surface area contributed by atoms with Gasteiger partial charge < -0.3 is 19.9 Å². The van der Waals surface area contributed by atoms with Gasteiger partial charge in [-0.1, -0.05) is 6.42 Å². The highest BCUT2D eigenvalue weighted by molar-refractivity contribution is 5.90. The minimum Gasteiger partial charge on any atom is -0.493 e. The first kappa shape index (κ1) is 17.6. The summed E-state index contributed by atoms with van der Waals surface area (Å²) in [4.78, 5) is 23.1. The van der Waals surface area contributed by atoms with E-state index in [1.54, 1.807) is 0 Å². The summed E-state index contributed by atoms with van der Waals surface area (Å²) in [6.07, 6.45) is 2.98. The quantitative estimate of drug-likeness (QED) is 0.795. The number of hydrogen-bond donors (Lipinski definition) is 1. The van der Waals surface area contributed by atoms with Crippen LogP contribution in [0.3, 0.4) is 0 Å². The zero-order valence-electron chi connectivity index (χ0n) is 13.5. The van der Waals surface area contributed by atoms with Gasteiger partial charge in [-0.3, -0.25) is 4.79 Å². The van der Waals surface area contributed by atoms with Crippen molar-refractivity contribution in [2.24, 2.45) is 11.7 Å². The summed E-state index contributed by atoms with van der Waals surface area (Å²) in [6.45, 7) is -0.286. The van der Waals surface area contributed by atoms with Crippen LogP contribution in [0.4, 0.5) is 0 Å². The van der Waals surface area contributed by atoms with E-state index in [-0.39, 0.29) is 18.6 Å². The number of nitrogens with zero attached hydrogens (tertiary/aromatic N) is 1. The van der Waals surface area contributed by atoms with E-state index in [1.807, 2.05) is 0 Å². The number of ether oxygens (including phenoxy) is 3. The molecule has 1 aromatic carbocycles. The Bertz CT molecular complexity index is 653. The van der Waals surface area contributed by atoms with Gasteiger partial charge in [0, 0.05) is 0 Å². The van der Waals surface area contributed by atoms with Gasteiger partial charge in [0.1, 0.15) is 6.10 Å². The molecule has 0 aromatic heterocycles. The fourth-order valence-corrected chi connectivity index (χ4v) is 2.65. The van der Waals surface area contributed by atoms with Crippen molar-refractivity contribution in [3.8, 4) is 17.6 Å². The average Bonchev–Trinajstić information content (AvgIpc) is 2.60. The number of rotatable bonds is 6. The van der Waals surface area contributed by atoms with Gasteiger partial charge in [-0.15, -0.1) is 0 Å². The van der Waals surface area contributed by atoms with Crippen molar-refractivity contribution in [1.29, 1.82) is 5.26 Å². The van der Waals surface area contributed by atoms with Crippen LogP contribution in [0, 0.1) is 17.2 Å². The van der Waals surface area contributed by atoms with Crippen LogP contribution >= 0.6 is 0 Å². The fourth-order valence-electron chi connectivity index (χ4n) is 2.65. The molecule has 24 heavy (non-hydrogen) atoms. The molecule has 0 aliphatic heterocycles. The number of nitriles is 1. The van der Waals surface area contributed by atoms with E-state index in [4.69, 9.17) is 25.2 Å². The van der Waals surface area contributed by atoms with Crippen LogP contribution in [0.15, 0.2) is 18.2 Å². The van der Waals surface area contributed by atoms with Gasteiger partial charge in [-0.25, -0.2) is 4.79 Å². The predicted octanol–water partition coefficient (Wildman–Crippen LogP) is 1.80. The lowest BCUT2D eigenvalue weighted by Gasteiger charge is -2.26. The highest BCUT2D eigenvalue weighted by Crippen LogP contribution is 2.30. The third-order valence-electron chi connectivity index (χ3n) is 3.90. The van der Waals surface area contributed by atoms with Crippen LogP contribution in [0.5, 0.6) is 11.5 Å². The molecular formula is C17H20N2O5. The molecule has 7 nitrogen and oxygen atoms in total. The van der Waals surface area contributed by atoms with Crippen LogP contribution in [0.2, 0.25) is 0 Å². The smallest absolute Gasteiger partial charge is 0.338 e. The molecule has 1 aliphatic carbocycles. The van der Waals surface area contributed by atoms with Crippen LogP contribution in [0.1, 0.15) is 36.0 Å². The molecule has 2 atom stereocenters. The lowest BCUT2D eigenvalue weighted by molar-refractivity contribution is -0.119. The minimum absolute atomic E-state index is 0.261. The molecule has 1 aliphatic rings. The lowest BCUT2D eigenvalue weighted by atomic mass is 9.87. The first-order valence-electron chi connectivity index (χ1n) is 7.75. The first-order valence-corrected chi connectivity index (χ1v) is 7.75. The second-order valence-electron chi connectivity index (χ2n) is 5.58. The van der Waals surface area contributed by atoms with E-state index in [0.29, 0.717) is 23.5 Å². The van der Waals surface area contributed by atoms with Crippen LogP contribution < -0.4 is 15.2 Å². The summed E-state index contributed by atoms with van der Waals surface area (Å²) in [5.41, 5.74) is 5.33. The van der Waals surface area contributed by atoms with Crippen LogP contribution in [0.25, 0.3) is 0 Å². The Morgan fingerprint density at radius 2 is 2.04 bits per heavy atom. The summed E-state index contributed by atoms with van der Waals surface area (Å²) in [6, 6.07) is 6.71. The number of primary amides is 1. The van der Waals surface area contributed by atoms with E-state index in [1.165, 1.54) is 25.3 Å². The normalized spacial score (nSPS) is 19.8. The molecule has 0 spiro atoms. The molecule has 7 heteroatoms. The van der Waals surface area contributed by atoms with E-state index < -0.39 is 11.9 Å². The molecule has 0 unspecified atom stereocenters. The fraction of sp³-hybridized carbons (Fsp3) is 0.471. The number of carbonyl (C=O) groups excluding carboxylic acids is 2. The van der Waals surface area contributed by atoms with E-state index in [0.717, 1.165) is 19.3 Å². The van der Waals surface area contributed by atoms with Crippen molar-refractivity contribution in [1.82, 2.24) is 0 Å². The molecule has 1 aromatic rings. The Hall–Kier alpha value is -2.75. The molecule has 1 amide bonds. The van der Waals surface area contributed by atoms with E-state index in [9.17, 15) is 9.59 Å². The van der Waals surface area contributed by atoms with Crippen molar-refractivity contribution in [3.63, 3.8) is 0 Å². The zero-order valence-corrected chi connectivity index (χ0v) is 13.5. The average molecular weight is 332 g/mol. The minimum atomic E-state index is -0.611. The summed E-state index contributed by atoms with van der Waals surface area (Å²) < 4.78 is 15.9. The molecular weight excluding hydrogens is 312 g/mol. The summed E-state index contributed by atoms with van der Waals surface area (Å²) >= 11 is 0. The summed E-state index contributed by atoms with van der Waals surface area (Å²) in [5, 5.41) is 9.15. The van der Waals surface area contributed by atoms with Gasteiger partial charge in [0.05, 0.1) is 24.7 Å². The second-order valence-corrected chi connectivity index (χ2v) is 5.58. The Kier molecular flexibility index (Phi) is 6.01. The monoisotopic (exact) mass is 332 g/mol. The molecule has 0 heterocycles. The molecule has 2 N–H and O–H groups in total. The topological polar surface area (TPSA) is 112 Å². The van der Waals surface area contributed by atoms with Gasteiger partial charge in [-0.2, -0.15) is 5.26 Å². The number of esters is 1. The van der Waals surface area contributed by atoms with Crippen molar-refractivity contribution < 1.29 is 23.8 Å². The Morgan fingerprint density at radius 1 is 1.29 bits per heavy atom. The van der Waals surface area contributed by atoms with Crippen molar-refractivity contribution in [2.75, 3.05) is 13.7 Å². The van der Waals surface area contributed by atoms with Crippen LogP contribution in [-0.4, -0.2) is 31.7 Å². The molecule has 2 rings (SSSR count). The molecule has 0 bridgehead atoms. The second kappa shape index (κ2) is 8.20. The maximum Gasteiger partial charge on any atom is 0.338 e. The number of carbonyl (C=O) groups is 2. The number of nitrogens with two attached hydrogens (primary N) is 1. The molecule has 1 fully saturated rings.